The second-order valence-corrected chi connectivity index (χ2v) is 12.2. The molecule has 0 aromatic rings. The van der Waals surface area contributed by atoms with Crippen molar-refractivity contribution in [3.63, 3.8) is 0 Å². The Labute approximate surface area is 212 Å². The van der Waals surface area contributed by atoms with Gasteiger partial charge in [-0.05, 0) is 35.0 Å². The zero-order valence-corrected chi connectivity index (χ0v) is 22.1. The summed E-state index contributed by atoms with van der Waals surface area (Å²) >= 11 is 0. The lowest BCUT2D eigenvalue weighted by atomic mass is 9.80. The van der Waals surface area contributed by atoms with Crippen LogP contribution in [0.5, 0.6) is 0 Å². The molecule has 1 saturated heterocycles. The molecule has 0 spiro atoms. The molecule has 2 aliphatic carbocycles. The van der Waals surface area contributed by atoms with Crippen molar-refractivity contribution in [3.8, 4) is 0 Å². The number of rotatable bonds is 10. The number of likely N-dealkylation sites (tertiary alicyclic amines) is 1. The van der Waals surface area contributed by atoms with Crippen LogP contribution in [0.25, 0.3) is 0 Å². The van der Waals surface area contributed by atoms with Gasteiger partial charge < -0.3 is 32.3 Å². The largest absolute Gasteiger partial charge is 0.363 e. The summed E-state index contributed by atoms with van der Waals surface area (Å²) in [5.74, 6) is -2.41. The van der Waals surface area contributed by atoms with Gasteiger partial charge in [0.25, 0.3) is 5.91 Å². The first-order chi connectivity index (χ1) is 16.7. The molecule has 3 fully saturated rings. The van der Waals surface area contributed by atoms with Crippen molar-refractivity contribution in [2.75, 3.05) is 19.6 Å². The minimum absolute atomic E-state index is 0.0823. The Balaban J connectivity index is 1.82. The van der Waals surface area contributed by atoms with E-state index in [2.05, 4.69) is 29.8 Å². The third-order valence-corrected chi connectivity index (χ3v) is 8.25. The molecule has 0 aromatic carbocycles. The van der Waals surface area contributed by atoms with Gasteiger partial charge in [-0.3, -0.25) is 19.2 Å². The van der Waals surface area contributed by atoms with Gasteiger partial charge in [0.1, 0.15) is 12.1 Å². The number of Topliss-reactive ketones (excluding diaryl/α,β-unsaturated/α-hetero) is 1. The van der Waals surface area contributed by atoms with Gasteiger partial charge in [0, 0.05) is 19.6 Å². The number of nitrogens with two attached hydrogens (primary N) is 2. The maximum Gasteiger partial charge on any atom is 0.315 e. The van der Waals surface area contributed by atoms with Gasteiger partial charge in [0.2, 0.25) is 17.6 Å². The molecule has 7 N–H and O–H groups in total. The monoisotopic (exact) mass is 506 g/mol. The number of ketones is 1. The summed E-state index contributed by atoms with van der Waals surface area (Å²) < 4.78 is 0. The van der Waals surface area contributed by atoms with E-state index < -0.39 is 47.2 Å². The lowest BCUT2D eigenvalue weighted by Gasteiger charge is -2.38. The van der Waals surface area contributed by atoms with Gasteiger partial charge in [-0.1, -0.05) is 53.9 Å². The van der Waals surface area contributed by atoms with Crippen LogP contribution in [0.15, 0.2) is 0 Å². The summed E-state index contributed by atoms with van der Waals surface area (Å²) in [6.07, 6.45) is 3.29. The number of carbonyl (C=O) groups is 5. The van der Waals surface area contributed by atoms with Crippen LogP contribution in [0, 0.1) is 28.6 Å². The SMILES string of the molecule is CC(C)(C)[C@H](NC(=O)NCCN)C(=O)N1C[C@H]2[C@@H]([C@H]1C(=O)NC(CC1CCC1)C(=O)C(N)=O)C2(C)C. The standard InChI is InChI=1S/C25H42N6O5/c1-24(2,3)19(30-23(36)28-10-9-26)22(35)31-12-14-16(25(14,4)5)17(31)21(34)29-15(18(32)20(27)33)11-13-7-6-8-13/h13-17,19H,6-12,26H2,1-5H3,(H2,27,33)(H,29,34)(H2,28,30,36)/t14-,15?,16-,17-,19+/m0/s1. The Morgan fingerprint density at radius 2 is 1.72 bits per heavy atom. The fraction of sp³-hybridized carbons (Fsp3) is 0.800. The fourth-order valence-corrected chi connectivity index (χ4v) is 5.72. The van der Waals surface area contributed by atoms with Crippen LogP contribution >= 0.6 is 0 Å². The Morgan fingerprint density at radius 1 is 1.08 bits per heavy atom. The van der Waals surface area contributed by atoms with E-state index >= 15 is 0 Å². The van der Waals surface area contributed by atoms with Crippen molar-refractivity contribution in [2.24, 2.45) is 40.1 Å². The molecule has 3 rings (SSSR count). The lowest BCUT2D eigenvalue weighted by molar-refractivity contribution is -0.145. The molecular formula is C25H42N6O5. The van der Waals surface area contributed by atoms with Gasteiger partial charge in [-0.25, -0.2) is 4.79 Å². The first-order valence-electron chi connectivity index (χ1n) is 12.9. The number of primary amides is 1. The Bertz CT molecular complexity index is 909. The second kappa shape index (κ2) is 10.4. The average Bonchev–Trinajstić information content (AvgIpc) is 3.09. The number of urea groups is 1. The predicted molar refractivity (Wildman–Crippen MR) is 133 cm³/mol. The Hall–Kier alpha value is -2.69. The molecule has 5 amide bonds. The van der Waals surface area contributed by atoms with Crippen molar-refractivity contribution < 1.29 is 24.0 Å². The molecule has 11 heteroatoms. The van der Waals surface area contributed by atoms with Gasteiger partial charge in [-0.15, -0.1) is 0 Å². The maximum absolute atomic E-state index is 13.8. The van der Waals surface area contributed by atoms with Crippen LogP contribution in [0.4, 0.5) is 4.79 Å². The van der Waals surface area contributed by atoms with Gasteiger partial charge in [0.05, 0.1) is 6.04 Å². The third-order valence-electron chi connectivity index (χ3n) is 8.25. The first kappa shape index (κ1) is 27.9. The zero-order valence-electron chi connectivity index (χ0n) is 22.1. The normalized spacial score (nSPS) is 26.2. The maximum atomic E-state index is 13.8. The molecule has 0 radical (unpaired) electrons. The molecule has 202 valence electrons. The molecular weight excluding hydrogens is 464 g/mol. The van der Waals surface area contributed by atoms with E-state index in [1.54, 1.807) is 0 Å². The molecule has 0 aromatic heterocycles. The van der Waals surface area contributed by atoms with Gasteiger partial charge in [0.15, 0.2) is 0 Å². The second-order valence-electron chi connectivity index (χ2n) is 12.2. The van der Waals surface area contributed by atoms with Crippen LogP contribution in [-0.4, -0.2) is 72.2 Å². The van der Waals surface area contributed by atoms with Crippen LogP contribution < -0.4 is 27.4 Å². The zero-order chi connectivity index (χ0) is 27.0. The Morgan fingerprint density at radius 3 is 2.22 bits per heavy atom. The molecule has 3 aliphatic rings. The number of amides is 5. The Kier molecular flexibility index (Phi) is 8.02. The summed E-state index contributed by atoms with van der Waals surface area (Å²) in [4.78, 5) is 65.5. The predicted octanol–water partition coefficient (Wildman–Crippen LogP) is -0.129. The van der Waals surface area contributed by atoms with E-state index in [9.17, 15) is 24.0 Å². The quantitative estimate of drug-likeness (QED) is 0.258. The minimum atomic E-state index is -1.08. The molecule has 1 aliphatic heterocycles. The average molecular weight is 507 g/mol. The fourth-order valence-electron chi connectivity index (χ4n) is 5.72. The van der Waals surface area contributed by atoms with E-state index in [-0.39, 0.29) is 42.2 Å². The number of nitrogens with one attached hydrogen (secondary N) is 3. The van der Waals surface area contributed by atoms with Crippen LogP contribution in [0.2, 0.25) is 0 Å². The van der Waals surface area contributed by atoms with Crippen molar-refractivity contribution >= 4 is 29.5 Å². The number of hydrogen-bond donors (Lipinski definition) is 5. The van der Waals surface area contributed by atoms with Gasteiger partial charge >= 0.3 is 6.03 Å². The van der Waals surface area contributed by atoms with E-state index in [0.717, 1.165) is 19.3 Å². The molecule has 1 heterocycles. The molecule has 1 unspecified atom stereocenters. The molecule has 2 saturated carbocycles. The van der Waals surface area contributed by atoms with E-state index in [1.165, 1.54) is 4.90 Å². The highest BCUT2D eigenvalue weighted by atomic mass is 16.2. The number of piperidine rings is 1. The van der Waals surface area contributed by atoms with Crippen molar-refractivity contribution in [1.82, 2.24) is 20.9 Å². The number of hydrogen-bond acceptors (Lipinski definition) is 6. The summed E-state index contributed by atoms with van der Waals surface area (Å²) in [6.45, 7) is 10.6. The van der Waals surface area contributed by atoms with Crippen LogP contribution in [0.1, 0.15) is 60.3 Å². The first-order valence-corrected chi connectivity index (χ1v) is 12.9. The van der Waals surface area contributed by atoms with E-state index in [1.807, 2.05) is 20.8 Å². The van der Waals surface area contributed by atoms with Crippen molar-refractivity contribution in [2.45, 2.75) is 78.4 Å². The third kappa shape index (κ3) is 5.66. The highest BCUT2D eigenvalue weighted by molar-refractivity contribution is 6.37. The van der Waals surface area contributed by atoms with Gasteiger partial charge in [-0.2, -0.15) is 0 Å². The number of carbonyl (C=O) groups excluding carboxylic acids is 5. The number of nitrogens with zero attached hydrogens (tertiary/aromatic N) is 1. The van der Waals surface area contributed by atoms with Crippen LogP contribution in [-0.2, 0) is 19.2 Å². The molecule has 11 nitrogen and oxygen atoms in total. The summed E-state index contributed by atoms with van der Waals surface area (Å²) in [5, 5.41) is 8.14. The number of fused-ring (bicyclic) bond motifs is 1. The smallest absolute Gasteiger partial charge is 0.315 e. The van der Waals surface area contributed by atoms with Crippen molar-refractivity contribution in [3.05, 3.63) is 0 Å². The molecule has 36 heavy (non-hydrogen) atoms. The summed E-state index contributed by atoms with van der Waals surface area (Å²) in [5.41, 5.74) is 9.95. The lowest BCUT2D eigenvalue weighted by Crippen LogP contribution is -2.61. The minimum Gasteiger partial charge on any atom is -0.363 e. The van der Waals surface area contributed by atoms with Crippen molar-refractivity contribution in [1.29, 1.82) is 0 Å². The topological polar surface area (TPSA) is 177 Å². The van der Waals surface area contributed by atoms with E-state index in [0.29, 0.717) is 13.0 Å². The molecule has 0 bridgehead atoms. The highest BCUT2D eigenvalue weighted by Gasteiger charge is 2.69. The summed E-state index contributed by atoms with van der Waals surface area (Å²) in [6, 6.07) is -3.20. The van der Waals surface area contributed by atoms with E-state index in [4.69, 9.17) is 11.5 Å². The van der Waals surface area contributed by atoms with Crippen LogP contribution in [0.3, 0.4) is 0 Å². The summed E-state index contributed by atoms with van der Waals surface area (Å²) in [7, 11) is 0. The highest BCUT2D eigenvalue weighted by Crippen LogP contribution is 2.65. The molecule has 5 atom stereocenters.